The Kier molecular flexibility index (Phi) is 6.91. The van der Waals surface area contributed by atoms with Crippen molar-refractivity contribution in [1.82, 2.24) is 9.80 Å². The normalized spacial score (nSPS) is 14.6. The molecule has 1 saturated heterocycles. The second kappa shape index (κ2) is 8.92. The Hall–Kier alpha value is -1.75. The zero-order chi connectivity index (χ0) is 17.5. The molecule has 2 rings (SSSR count). The standard InChI is InChI=1S/C18H25ClN2O3/c1-14-5-6-16(15(2)12-14)24-13-18(23)21-10-8-20(9-11-21)17(22)4-3-7-19/h5-6,12H,3-4,7-11,13H2,1-2H3. The predicted molar refractivity (Wildman–Crippen MR) is 94.5 cm³/mol. The van der Waals surface area contributed by atoms with Crippen LogP contribution < -0.4 is 4.74 Å². The van der Waals surface area contributed by atoms with Crippen molar-refractivity contribution in [2.45, 2.75) is 26.7 Å². The van der Waals surface area contributed by atoms with Crippen LogP contribution in [0.4, 0.5) is 0 Å². The number of hydrogen-bond acceptors (Lipinski definition) is 3. The van der Waals surface area contributed by atoms with E-state index in [2.05, 4.69) is 0 Å². The molecule has 1 heterocycles. The highest BCUT2D eigenvalue weighted by atomic mass is 35.5. The van der Waals surface area contributed by atoms with Crippen molar-refractivity contribution in [3.63, 3.8) is 0 Å². The fourth-order valence-corrected chi connectivity index (χ4v) is 2.91. The first-order chi connectivity index (χ1) is 11.5. The maximum absolute atomic E-state index is 12.3. The number of amides is 2. The molecule has 1 aliphatic heterocycles. The van der Waals surface area contributed by atoms with Gasteiger partial charge in [-0.2, -0.15) is 0 Å². The van der Waals surface area contributed by atoms with E-state index < -0.39 is 0 Å². The SMILES string of the molecule is Cc1ccc(OCC(=O)N2CCN(C(=O)CCCCl)CC2)c(C)c1. The van der Waals surface area contributed by atoms with E-state index in [1.807, 2.05) is 32.0 Å². The van der Waals surface area contributed by atoms with Gasteiger partial charge in [-0.1, -0.05) is 17.7 Å². The zero-order valence-corrected chi connectivity index (χ0v) is 15.1. The summed E-state index contributed by atoms with van der Waals surface area (Å²) in [6, 6.07) is 5.90. The lowest BCUT2D eigenvalue weighted by Crippen LogP contribution is -2.51. The molecule has 0 aromatic heterocycles. The molecular weight excluding hydrogens is 328 g/mol. The average Bonchev–Trinajstić information content (AvgIpc) is 2.58. The van der Waals surface area contributed by atoms with Crippen LogP contribution >= 0.6 is 11.6 Å². The summed E-state index contributed by atoms with van der Waals surface area (Å²) in [5.41, 5.74) is 2.19. The van der Waals surface area contributed by atoms with E-state index in [1.165, 1.54) is 5.56 Å². The number of carbonyl (C=O) groups excluding carboxylic acids is 2. The second-order valence-corrected chi connectivity index (χ2v) is 6.49. The van der Waals surface area contributed by atoms with Crippen LogP contribution in [-0.4, -0.2) is 60.3 Å². The van der Waals surface area contributed by atoms with Crippen LogP contribution in [0.25, 0.3) is 0 Å². The molecule has 0 spiro atoms. The van der Waals surface area contributed by atoms with Crippen molar-refractivity contribution in [2.24, 2.45) is 0 Å². The van der Waals surface area contributed by atoms with Gasteiger partial charge >= 0.3 is 0 Å². The van der Waals surface area contributed by atoms with Gasteiger partial charge in [-0.25, -0.2) is 0 Å². The number of rotatable bonds is 6. The van der Waals surface area contributed by atoms with Crippen LogP contribution in [0.15, 0.2) is 18.2 Å². The molecule has 1 aliphatic rings. The van der Waals surface area contributed by atoms with E-state index >= 15 is 0 Å². The maximum atomic E-state index is 12.3. The Morgan fingerprint density at radius 1 is 1.08 bits per heavy atom. The van der Waals surface area contributed by atoms with Crippen LogP contribution in [0.3, 0.4) is 0 Å². The first-order valence-corrected chi connectivity index (χ1v) is 8.86. The lowest BCUT2D eigenvalue weighted by Gasteiger charge is -2.34. The van der Waals surface area contributed by atoms with Gasteiger partial charge in [0.2, 0.25) is 5.91 Å². The summed E-state index contributed by atoms with van der Waals surface area (Å²) in [5, 5.41) is 0. The monoisotopic (exact) mass is 352 g/mol. The molecule has 132 valence electrons. The first kappa shape index (κ1) is 18.6. The predicted octanol–water partition coefficient (Wildman–Crippen LogP) is 2.37. The first-order valence-electron chi connectivity index (χ1n) is 8.33. The van der Waals surface area contributed by atoms with Gasteiger partial charge in [0.05, 0.1) is 0 Å². The summed E-state index contributed by atoms with van der Waals surface area (Å²) < 4.78 is 5.65. The largest absolute Gasteiger partial charge is 0.484 e. The maximum Gasteiger partial charge on any atom is 0.260 e. The number of hydrogen-bond donors (Lipinski definition) is 0. The number of carbonyl (C=O) groups is 2. The number of piperazine rings is 1. The van der Waals surface area contributed by atoms with Crippen molar-refractivity contribution in [2.75, 3.05) is 38.7 Å². The molecule has 0 bridgehead atoms. The Balaban J connectivity index is 1.77. The van der Waals surface area contributed by atoms with E-state index in [-0.39, 0.29) is 18.4 Å². The van der Waals surface area contributed by atoms with Crippen molar-refractivity contribution in [3.8, 4) is 5.75 Å². The van der Waals surface area contributed by atoms with Crippen LogP contribution in [0.5, 0.6) is 5.75 Å². The van der Waals surface area contributed by atoms with Crippen molar-refractivity contribution < 1.29 is 14.3 Å². The topological polar surface area (TPSA) is 49.9 Å². The molecule has 24 heavy (non-hydrogen) atoms. The van der Waals surface area contributed by atoms with E-state index in [0.29, 0.717) is 44.9 Å². The van der Waals surface area contributed by atoms with Gasteiger partial charge in [0, 0.05) is 38.5 Å². The Labute approximate surface area is 148 Å². The Bertz CT molecular complexity index is 584. The highest BCUT2D eigenvalue weighted by Gasteiger charge is 2.24. The Morgan fingerprint density at radius 2 is 1.71 bits per heavy atom. The summed E-state index contributed by atoms with van der Waals surface area (Å²) in [6.07, 6.45) is 1.18. The smallest absolute Gasteiger partial charge is 0.260 e. The summed E-state index contributed by atoms with van der Waals surface area (Å²) >= 11 is 5.62. The minimum Gasteiger partial charge on any atom is -0.484 e. The number of alkyl halides is 1. The molecule has 1 fully saturated rings. The lowest BCUT2D eigenvalue weighted by atomic mass is 10.1. The number of halogens is 1. The molecule has 0 aliphatic carbocycles. The van der Waals surface area contributed by atoms with Gasteiger partial charge in [0.1, 0.15) is 5.75 Å². The molecule has 1 aromatic rings. The van der Waals surface area contributed by atoms with E-state index in [4.69, 9.17) is 16.3 Å². The fraction of sp³-hybridized carbons (Fsp3) is 0.556. The summed E-state index contributed by atoms with van der Waals surface area (Å²) in [6.45, 7) is 6.30. The molecule has 2 amide bonds. The number of aryl methyl sites for hydroxylation is 2. The second-order valence-electron chi connectivity index (χ2n) is 6.11. The van der Waals surface area contributed by atoms with Gasteiger partial charge in [0.25, 0.3) is 5.91 Å². The minimum atomic E-state index is -0.0390. The fourth-order valence-electron chi connectivity index (χ4n) is 2.77. The van der Waals surface area contributed by atoms with Crippen LogP contribution in [-0.2, 0) is 9.59 Å². The molecule has 0 atom stereocenters. The molecule has 1 aromatic carbocycles. The van der Waals surface area contributed by atoms with Gasteiger partial charge in [0.15, 0.2) is 6.61 Å². The van der Waals surface area contributed by atoms with Crippen molar-refractivity contribution in [1.29, 1.82) is 0 Å². The van der Waals surface area contributed by atoms with Crippen LogP contribution in [0.2, 0.25) is 0 Å². The third kappa shape index (κ3) is 5.13. The highest BCUT2D eigenvalue weighted by molar-refractivity contribution is 6.17. The van der Waals surface area contributed by atoms with Gasteiger partial charge in [-0.3, -0.25) is 9.59 Å². The van der Waals surface area contributed by atoms with Gasteiger partial charge in [-0.05, 0) is 31.9 Å². The number of benzene rings is 1. The number of nitrogens with zero attached hydrogens (tertiary/aromatic N) is 2. The molecule has 0 N–H and O–H groups in total. The summed E-state index contributed by atoms with van der Waals surface area (Å²) in [5.74, 6) is 1.32. The van der Waals surface area contributed by atoms with Crippen molar-refractivity contribution in [3.05, 3.63) is 29.3 Å². The molecule has 5 nitrogen and oxygen atoms in total. The highest BCUT2D eigenvalue weighted by Crippen LogP contribution is 2.18. The lowest BCUT2D eigenvalue weighted by molar-refractivity contribution is -0.140. The van der Waals surface area contributed by atoms with E-state index in [0.717, 1.165) is 11.3 Å². The summed E-state index contributed by atoms with van der Waals surface area (Å²) in [7, 11) is 0. The van der Waals surface area contributed by atoms with E-state index in [9.17, 15) is 9.59 Å². The molecule has 0 radical (unpaired) electrons. The van der Waals surface area contributed by atoms with Crippen LogP contribution in [0, 0.1) is 13.8 Å². The van der Waals surface area contributed by atoms with Crippen molar-refractivity contribution >= 4 is 23.4 Å². The van der Waals surface area contributed by atoms with Gasteiger partial charge in [-0.15, -0.1) is 11.6 Å². The third-order valence-corrected chi connectivity index (χ3v) is 4.46. The molecular formula is C18H25ClN2O3. The van der Waals surface area contributed by atoms with Gasteiger partial charge < -0.3 is 14.5 Å². The molecule has 6 heteroatoms. The van der Waals surface area contributed by atoms with E-state index in [1.54, 1.807) is 9.80 Å². The Morgan fingerprint density at radius 3 is 2.29 bits per heavy atom. The third-order valence-electron chi connectivity index (χ3n) is 4.19. The molecule has 0 saturated carbocycles. The quantitative estimate of drug-likeness (QED) is 0.738. The minimum absolute atomic E-state index is 0.0318. The van der Waals surface area contributed by atoms with Crippen LogP contribution in [0.1, 0.15) is 24.0 Å². The summed E-state index contributed by atoms with van der Waals surface area (Å²) in [4.78, 5) is 27.8. The molecule has 0 unspecified atom stereocenters. The number of ether oxygens (including phenoxy) is 1. The average molecular weight is 353 g/mol. The zero-order valence-electron chi connectivity index (χ0n) is 14.4.